The third-order valence-electron chi connectivity index (χ3n) is 3.47. The second kappa shape index (κ2) is 5.52. The van der Waals surface area contributed by atoms with Crippen LogP contribution < -0.4 is 15.8 Å². The zero-order valence-electron chi connectivity index (χ0n) is 11.4. The first kappa shape index (κ1) is 13.1. The third kappa shape index (κ3) is 2.90. The van der Waals surface area contributed by atoms with Crippen molar-refractivity contribution in [3.8, 4) is 0 Å². The maximum absolute atomic E-state index is 11.7. The van der Waals surface area contributed by atoms with Crippen LogP contribution in [-0.4, -0.2) is 36.1 Å². The average Bonchev–Trinajstić information content (AvgIpc) is 2.38. The largest absolute Gasteiger partial charge is 0.355 e. The van der Waals surface area contributed by atoms with Crippen molar-refractivity contribution in [1.29, 1.82) is 0 Å². The van der Waals surface area contributed by atoms with E-state index < -0.39 is 0 Å². The van der Waals surface area contributed by atoms with Crippen molar-refractivity contribution in [3.63, 3.8) is 0 Å². The number of aromatic amines is 1. The highest BCUT2D eigenvalue weighted by atomic mass is 16.1. The Balaban J connectivity index is 2.23. The molecule has 0 radical (unpaired) electrons. The van der Waals surface area contributed by atoms with Crippen LogP contribution in [0.5, 0.6) is 0 Å². The van der Waals surface area contributed by atoms with Gasteiger partial charge < -0.3 is 15.2 Å². The zero-order chi connectivity index (χ0) is 13.1. The van der Waals surface area contributed by atoms with Gasteiger partial charge in [0.15, 0.2) is 0 Å². The van der Waals surface area contributed by atoms with Crippen LogP contribution in [-0.2, 0) is 0 Å². The Morgan fingerprint density at radius 3 is 2.89 bits per heavy atom. The molecule has 2 heterocycles. The van der Waals surface area contributed by atoms with Crippen molar-refractivity contribution in [3.05, 3.63) is 22.2 Å². The van der Waals surface area contributed by atoms with Gasteiger partial charge in [-0.25, -0.2) is 4.98 Å². The second-order valence-electron chi connectivity index (χ2n) is 5.25. The van der Waals surface area contributed by atoms with Gasteiger partial charge in [0.2, 0.25) is 0 Å². The van der Waals surface area contributed by atoms with Crippen molar-refractivity contribution >= 4 is 5.82 Å². The molecule has 1 aromatic rings. The predicted octanol–water partition coefficient (Wildman–Crippen LogP) is 1.08. The summed E-state index contributed by atoms with van der Waals surface area (Å²) in [5.74, 6) is 1.76. The smallest absolute Gasteiger partial charge is 0.252 e. The molecule has 2 rings (SSSR count). The van der Waals surface area contributed by atoms with Gasteiger partial charge in [0.25, 0.3) is 5.56 Å². The number of hydrogen-bond donors (Lipinski definition) is 2. The minimum Gasteiger partial charge on any atom is -0.355 e. The Bertz CT molecular complexity index is 449. The van der Waals surface area contributed by atoms with E-state index in [1.54, 1.807) is 6.07 Å². The lowest BCUT2D eigenvalue weighted by Gasteiger charge is -2.32. The molecule has 1 unspecified atom stereocenters. The number of H-pyrrole nitrogens is 1. The third-order valence-corrected chi connectivity index (χ3v) is 3.47. The summed E-state index contributed by atoms with van der Waals surface area (Å²) in [4.78, 5) is 21.1. The van der Waals surface area contributed by atoms with Crippen LogP contribution >= 0.6 is 0 Å². The molecule has 1 aliphatic rings. The molecule has 0 spiro atoms. The fourth-order valence-electron chi connectivity index (χ4n) is 2.27. The first-order valence-electron chi connectivity index (χ1n) is 6.62. The van der Waals surface area contributed by atoms with Gasteiger partial charge in [0.1, 0.15) is 11.6 Å². The molecule has 18 heavy (non-hydrogen) atoms. The van der Waals surface area contributed by atoms with Gasteiger partial charge >= 0.3 is 0 Å². The number of hydrogen-bond acceptors (Lipinski definition) is 4. The Morgan fingerprint density at radius 2 is 2.28 bits per heavy atom. The molecule has 5 heteroatoms. The van der Waals surface area contributed by atoms with Crippen LogP contribution in [0.2, 0.25) is 0 Å². The fraction of sp³-hybridized carbons (Fsp3) is 0.692. The molecular formula is C13H22N4O. The van der Waals surface area contributed by atoms with E-state index in [2.05, 4.69) is 20.2 Å². The lowest BCUT2D eigenvalue weighted by molar-refractivity contribution is 0.442. The molecule has 1 atom stereocenters. The summed E-state index contributed by atoms with van der Waals surface area (Å²) in [6.45, 7) is 6.11. The number of rotatable bonds is 3. The van der Waals surface area contributed by atoms with E-state index in [1.165, 1.54) is 6.42 Å². The van der Waals surface area contributed by atoms with Crippen LogP contribution in [0.15, 0.2) is 10.9 Å². The SMILES string of the molecule is CC(C)c1nc(N(C)C2CCCNC2)cc(=O)[nH]1. The van der Waals surface area contributed by atoms with Gasteiger partial charge in [-0.05, 0) is 19.4 Å². The Morgan fingerprint density at radius 1 is 1.50 bits per heavy atom. The lowest BCUT2D eigenvalue weighted by Crippen LogP contribution is -2.45. The molecule has 0 aliphatic carbocycles. The van der Waals surface area contributed by atoms with E-state index in [9.17, 15) is 4.79 Å². The number of piperidine rings is 1. The molecule has 0 saturated carbocycles. The predicted molar refractivity (Wildman–Crippen MR) is 73.2 cm³/mol. The minimum atomic E-state index is -0.0701. The summed E-state index contributed by atoms with van der Waals surface area (Å²) in [6, 6.07) is 2.01. The number of nitrogens with one attached hydrogen (secondary N) is 2. The van der Waals surface area contributed by atoms with E-state index in [0.717, 1.165) is 31.2 Å². The molecule has 1 aliphatic heterocycles. The first-order valence-corrected chi connectivity index (χ1v) is 6.62. The van der Waals surface area contributed by atoms with Gasteiger partial charge in [0.05, 0.1) is 0 Å². The van der Waals surface area contributed by atoms with Crippen LogP contribution in [0.4, 0.5) is 5.82 Å². The van der Waals surface area contributed by atoms with Crippen LogP contribution in [0.1, 0.15) is 38.4 Å². The average molecular weight is 250 g/mol. The number of anilines is 1. The van der Waals surface area contributed by atoms with Crippen molar-refractivity contribution < 1.29 is 0 Å². The first-order chi connectivity index (χ1) is 8.58. The highest BCUT2D eigenvalue weighted by Crippen LogP contribution is 2.17. The Labute approximate surface area is 108 Å². The molecule has 2 N–H and O–H groups in total. The van der Waals surface area contributed by atoms with Gasteiger partial charge in [-0.1, -0.05) is 13.8 Å². The quantitative estimate of drug-likeness (QED) is 0.843. The van der Waals surface area contributed by atoms with Crippen LogP contribution in [0.25, 0.3) is 0 Å². The highest BCUT2D eigenvalue weighted by Gasteiger charge is 2.19. The number of aromatic nitrogens is 2. The fourth-order valence-corrected chi connectivity index (χ4v) is 2.27. The maximum atomic E-state index is 11.7. The molecule has 1 aromatic heterocycles. The van der Waals surface area contributed by atoms with Gasteiger partial charge in [-0.15, -0.1) is 0 Å². The van der Waals surface area contributed by atoms with Gasteiger partial charge in [-0.3, -0.25) is 4.79 Å². The normalized spacial score (nSPS) is 20.1. The van der Waals surface area contributed by atoms with E-state index in [4.69, 9.17) is 0 Å². The summed E-state index contributed by atoms with van der Waals surface area (Å²) in [5.41, 5.74) is -0.0701. The summed E-state index contributed by atoms with van der Waals surface area (Å²) in [6.07, 6.45) is 2.32. The van der Waals surface area contributed by atoms with E-state index in [-0.39, 0.29) is 11.5 Å². The van der Waals surface area contributed by atoms with Crippen molar-refractivity contribution in [2.45, 2.75) is 38.6 Å². The van der Waals surface area contributed by atoms with Crippen molar-refractivity contribution in [1.82, 2.24) is 15.3 Å². The maximum Gasteiger partial charge on any atom is 0.252 e. The molecule has 0 bridgehead atoms. The Hall–Kier alpha value is -1.36. The molecule has 0 amide bonds. The highest BCUT2D eigenvalue weighted by molar-refractivity contribution is 5.38. The molecule has 0 aromatic carbocycles. The summed E-state index contributed by atoms with van der Waals surface area (Å²) in [7, 11) is 2.02. The monoisotopic (exact) mass is 250 g/mol. The molecule has 1 saturated heterocycles. The van der Waals surface area contributed by atoms with Crippen molar-refractivity contribution in [2.24, 2.45) is 0 Å². The number of likely N-dealkylation sites (N-methyl/N-ethyl adjacent to an activating group) is 1. The summed E-state index contributed by atoms with van der Waals surface area (Å²) in [5, 5.41) is 3.38. The summed E-state index contributed by atoms with van der Waals surface area (Å²) < 4.78 is 0. The van der Waals surface area contributed by atoms with E-state index >= 15 is 0 Å². The molecular weight excluding hydrogens is 228 g/mol. The van der Waals surface area contributed by atoms with Crippen LogP contribution in [0.3, 0.4) is 0 Å². The standard InChI is InChI=1S/C13H22N4O/c1-9(2)13-15-11(7-12(18)16-13)17(3)10-5-4-6-14-8-10/h7,9-10,14H,4-6,8H2,1-3H3,(H,15,16,18). The van der Waals surface area contributed by atoms with Gasteiger partial charge in [0, 0.05) is 31.6 Å². The minimum absolute atomic E-state index is 0.0701. The second-order valence-corrected chi connectivity index (χ2v) is 5.25. The van der Waals surface area contributed by atoms with E-state index in [0.29, 0.717) is 6.04 Å². The molecule has 100 valence electrons. The van der Waals surface area contributed by atoms with E-state index in [1.807, 2.05) is 20.9 Å². The molecule has 1 fully saturated rings. The zero-order valence-corrected chi connectivity index (χ0v) is 11.4. The number of nitrogens with zero attached hydrogens (tertiary/aromatic N) is 2. The Kier molecular flexibility index (Phi) is 4.01. The van der Waals surface area contributed by atoms with Crippen molar-refractivity contribution in [2.75, 3.05) is 25.0 Å². The molecule has 5 nitrogen and oxygen atoms in total. The summed E-state index contributed by atoms with van der Waals surface area (Å²) >= 11 is 0. The van der Waals surface area contributed by atoms with Crippen LogP contribution in [0, 0.1) is 0 Å². The van der Waals surface area contributed by atoms with Gasteiger partial charge in [-0.2, -0.15) is 0 Å². The lowest BCUT2D eigenvalue weighted by atomic mass is 10.1. The topological polar surface area (TPSA) is 61.0 Å².